The third-order valence-electron chi connectivity index (χ3n) is 3.31. The molecular weight excluding hydrogens is 276 g/mol. The summed E-state index contributed by atoms with van der Waals surface area (Å²) in [5.74, 6) is 0.671. The molecule has 0 spiro atoms. The molecule has 20 heavy (non-hydrogen) atoms. The van der Waals surface area contributed by atoms with Crippen LogP contribution in [-0.4, -0.2) is 27.5 Å². The van der Waals surface area contributed by atoms with Gasteiger partial charge in [0.15, 0.2) is 10.8 Å². The summed E-state index contributed by atoms with van der Waals surface area (Å²) in [6.45, 7) is 3.26. The number of hydrogen-bond donors (Lipinski definition) is 1. The molecule has 0 aliphatic carbocycles. The van der Waals surface area contributed by atoms with Gasteiger partial charge >= 0.3 is 0 Å². The Bertz CT molecular complexity index is 634. The third kappa shape index (κ3) is 2.40. The lowest BCUT2D eigenvalue weighted by molar-refractivity contribution is 0.0725. The maximum Gasteiger partial charge on any atom is 0.276 e. The largest absolute Gasteiger partial charge is 0.375 e. The normalized spacial score (nSPS) is 14.3. The molecule has 0 saturated carbocycles. The van der Waals surface area contributed by atoms with Gasteiger partial charge in [0.2, 0.25) is 0 Å². The summed E-state index contributed by atoms with van der Waals surface area (Å²) in [7, 11) is 0. The molecule has 106 valence electrons. The molecule has 3 heterocycles. The van der Waals surface area contributed by atoms with E-state index >= 15 is 0 Å². The molecule has 0 saturated heterocycles. The van der Waals surface area contributed by atoms with Gasteiger partial charge in [0, 0.05) is 30.3 Å². The van der Waals surface area contributed by atoms with Crippen LogP contribution in [0, 0.1) is 0 Å². The van der Waals surface area contributed by atoms with Gasteiger partial charge in [-0.3, -0.25) is 4.79 Å². The fourth-order valence-corrected chi connectivity index (χ4v) is 3.22. The highest BCUT2D eigenvalue weighted by atomic mass is 32.1. The van der Waals surface area contributed by atoms with Crippen molar-refractivity contribution in [1.29, 1.82) is 0 Å². The summed E-state index contributed by atoms with van der Waals surface area (Å²) in [4.78, 5) is 19.5. The number of rotatable bonds is 3. The Morgan fingerprint density at radius 1 is 1.60 bits per heavy atom. The van der Waals surface area contributed by atoms with Gasteiger partial charge in [0.1, 0.15) is 5.76 Å². The molecule has 1 amide bonds. The zero-order chi connectivity index (χ0) is 14.1. The Morgan fingerprint density at radius 3 is 3.25 bits per heavy atom. The minimum Gasteiger partial charge on any atom is -0.375 e. The first kappa shape index (κ1) is 13.1. The van der Waals surface area contributed by atoms with Crippen LogP contribution in [0.1, 0.15) is 40.2 Å². The topological polar surface area (TPSA) is 85.2 Å². The van der Waals surface area contributed by atoms with E-state index < -0.39 is 0 Å². The fraction of sp³-hybridized carbons (Fsp3) is 0.462. The van der Waals surface area contributed by atoms with Gasteiger partial charge in [0.25, 0.3) is 5.91 Å². The second-order valence-electron chi connectivity index (χ2n) is 4.83. The number of aryl methyl sites for hydroxylation is 1. The molecule has 3 rings (SSSR count). The van der Waals surface area contributed by atoms with E-state index in [2.05, 4.69) is 17.1 Å². The van der Waals surface area contributed by atoms with Crippen molar-refractivity contribution in [2.45, 2.75) is 32.7 Å². The van der Waals surface area contributed by atoms with E-state index in [1.807, 2.05) is 0 Å². The summed E-state index contributed by atoms with van der Waals surface area (Å²) in [5.41, 5.74) is 7.10. The summed E-state index contributed by atoms with van der Waals surface area (Å²) in [6.07, 6.45) is 2.51. The van der Waals surface area contributed by atoms with Crippen LogP contribution >= 0.6 is 11.3 Å². The molecule has 0 aromatic carbocycles. The Balaban J connectivity index is 1.74. The van der Waals surface area contributed by atoms with E-state index in [0.717, 1.165) is 35.6 Å². The Kier molecular flexibility index (Phi) is 3.43. The van der Waals surface area contributed by atoms with E-state index in [9.17, 15) is 4.79 Å². The lowest BCUT2D eigenvalue weighted by atomic mass is 10.1. The van der Waals surface area contributed by atoms with Gasteiger partial charge in [-0.2, -0.15) is 0 Å². The fourth-order valence-electron chi connectivity index (χ4n) is 2.33. The predicted molar refractivity (Wildman–Crippen MR) is 75.5 cm³/mol. The minimum atomic E-state index is -0.0891. The Labute approximate surface area is 120 Å². The number of nitrogen functional groups attached to an aromatic ring is 1. The summed E-state index contributed by atoms with van der Waals surface area (Å²) >= 11 is 1.45. The van der Waals surface area contributed by atoms with Crippen molar-refractivity contribution in [2.75, 3.05) is 12.3 Å². The van der Waals surface area contributed by atoms with Gasteiger partial charge < -0.3 is 15.2 Å². The molecule has 0 atom stereocenters. The van der Waals surface area contributed by atoms with Crippen LogP contribution in [0.25, 0.3) is 0 Å². The summed E-state index contributed by atoms with van der Waals surface area (Å²) < 4.78 is 5.16. The number of aromatic nitrogens is 2. The van der Waals surface area contributed by atoms with Gasteiger partial charge in [0.05, 0.1) is 12.2 Å². The summed E-state index contributed by atoms with van der Waals surface area (Å²) in [5, 5.41) is 4.43. The lowest BCUT2D eigenvalue weighted by Gasteiger charge is -2.25. The first-order chi connectivity index (χ1) is 9.67. The smallest absolute Gasteiger partial charge is 0.276 e. The number of amides is 1. The number of carbonyl (C=O) groups is 1. The highest BCUT2D eigenvalue weighted by molar-refractivity contribution is 7.15. The average Bonchev–Trinajstić information content (AvgIpc) is 3.02. The predicted octanol–water partition coefficient (Wildman–Crippen LogP) is 1.86. The molecule has 1 aliphatic rings. The second kappa shape index (κ2) is 5.24. The van der Waals surface area contributed by atoms with Crippen LogP contribution in [0.3, 0.4) is 0 Å². The van der Waals surface area contributed by atoms with Crippen LogP contribution in [0.15, 0.2) is 10.6 Å². The molecule has 0 radical (unpaired) electrons. The zero-order valence-electron chi connectivity index (χ0n) is 11.3. The standard InChI is InChI=1S/C13H16N4O2S/c1-2-3-8-6-10(16-19-8)12(18)17-5-4-9-11(7-17)20-13(14)15-9/h6H,2-5,7H2,1H3,(H2,14,15). The number of carbonyl (C=O) groups excluding carboxylic acids is 1. The van der Waals surface area contributed by atoms with Crippen LogP contribution < -0.4 is 5.73 Å². The maximum atomic E-state index is 12.4. The van der Waals surface area contributed by atoms with Gasteiger partial charge in [-0.05, 0) is 6.42 Å². The van der Waals surface area contributed by atoms with Gasteiger partial charge in [-0.25, -0.2) is 4.98 Å². The molecule has 6 nitrogen and oxygen atoms in total. The maximum absolute atomic E-state index is 12.4. The molecule has 2 N–H and O–H groups in total. The quantitative estimate of drug-likeness (QED) is 0.933. The third-order valence-corrected chi connectivity index (χ3v) is 4.22. The number of hydrogen-bond acceptors (Lipinski definition) is 6. The Morgan fingerprint density at radius 2 is 2.45 bits per heavy atom. The zero-order valence-corrected chi connectivity index (χ0v) is 12.1. The van der Waals surface area contributed by atoms with E-state index in [1.54, 1.807) is 11.0 Å². The first-order valence-corrected chi connectivity index (χ1v) is 7.48. The van der Waals surface area contributed by atoms with Crippen LogP contribution in [-0.2, 0) is 19.4 Å². The highest BCUT2D eigenvalue weighted by Gasteiger charge is 2.26. The minimum absolute atomic E-state index is 0.0891. The van der Waals surface area contributed by atoms with Crippen LogP contribution in [0.5, 0.6) is 0 Å². The monoisotopic (exact) mass is 292 g/mol. The number of nitrogens with zero attached hydrogens (tertiary/aromatic N) is 3. The van der Waals surface area contributed by atoms with Crippen molar-refractivity contribution >= 4 is 22.4 Å². The highest BCUT2D eigenvalue weighted by Crippen LogP contribution is 2.27. The van der Waals surface area contributed by atoms with Crippen molar-refractivity contribution in [2.24, 2.45) is 0 Å². The number of anilines is 1. The van der Waals surface area contributed by atoms with Crippen molar-refractivity contribution < 1.29 is 9.32 Å². The molecule has 2 aromatic rings. The molecular formula is C13H16N4O2S. The van der Waals surface area contributed by atoms with E-state index in [1.165, 1.54) is 11.3 Å². The van der Waals surface area contributed by atoms with E-state index in [-0.39, 0.29) is 5.91 Å². The number of thiazole rings is 1. The molecule has 0 fully saturated rings. The van der Waals surface area contributed by atoms with Crippen molar-refractivity contribution in [3.63, 3.8) is 0 Å². The van der Waals surface area contributed by atoms with Gasteiger partial charge in [-0.15, -0.1) is 11.3 Å². The Hall–Kier alpha value is -1.89. The SMILES string of the molecule is CCCc1cc(C(=O)N2CCc3nc(N)sc3C2)no1. The number of nitrogens with two attached hydrogens (primary N) is 1. The van der Waals surface area contributed by atoms with Crippen LogP contribution in [0.2, 0.25) is 0 Å². The van der Waals surface area contributed by atoms with Crippen LogP contribution in [0.4, 0.5) is 5.13 Å². The van der Waals surface area contributed by atoms with E-state index in [0.29, 0.717) is 23.9 Å². The molecule has 0 unspecified atom stereocenters. The summed E-state index contributed by atoms with van der Waals surface area (Å²) in [6, 6.07) is 1.74. The van der Waals surface area contributed by atoms with Crippen molar-refractivity contribution in [1.82, 2.24) is 15.0 Å². The average molecular weight is 292 g/mol. The molecule has 1 aliphatic heterocycles. The second-order valence-corrected chi connectivity index (χ2v) is 5.94. The van der Waals surface area contributed by atoms with Crippen molar-refractivity contribution in [3.05, 3.63) is 28.1 Å². The first-order valence-electron chi connectivity index (χ1n) is 6.66. The molecule has 2 aromatic heterocycles. The lowest BCUT2D eigenvalue weighted by Crippen LogP contribution is -2.35. The van der Waals surface area contributed by atoms with Gasteiger partial charge in [-0.1, -0.05) is 12.1 Å². The number of fused-ring (bicyclic) bond motifs is 1. The molecule has 7 heteroatoms. The van der Waals surface area contributed by atoms with E-state index in [4.69, 9.17) is 10.3 Å². The van der Waals surface area contributed by atoms with Crippen molar-refractivity contribution in [3.8, 4) is 0 Å². The molecule has 0 bridgehead atoms.